The van der Waals surface area contributed by atoms with Crippen molar-refractivity contribution >= 4 is 10.8 Å². The third-order valence-electron chi connectivity index (χ3n) is 6.89. The van der Waals surface area contributed by atoms with E-state index < -0.39 is 11.2 Å². The number of hydrogen-bond acceptors (Lipinski definition) is 2. The Hall–Kier alpha value is -3.72. The van der Waals surface area contributed by atoms with Crippen LogP contribution in [0.1, 0.15) is 22.3 Å². The van der Waals surface area contributed by atoms with Crippen molar-refractivity contribution in [3.8, 4) is 0 Å². The van der Waals surface area contributed by atoms with Crippen LogP contribution in [0.2, 0.25) is 0 Å². The van der Waals surface area contributed by atoms with Crippen molar-refractivity contribution in [1.29, 1.82) is 0 Å². The highest BCUT2D eigenvalue weighted by atomic mass is 16.5. The van der Waals surface area contributed by atoms with Gasteiger partial charge in [-0.1, -0.05) is 133 Å². The number of aliphatic hydroxyl groups is 2. The summed E-state index contributed by atoms with van der Waals surface area (Å²) >= 11 is 0. The van der Waals surface area contributed by atoms with E-state index in [4.69, 9.17) is 0 Å². The van der Waals surface area contributed by atoms with Gasteiger partial charge >= 0.3 is 0 Å². The van der Waals surface area contributed by atoms with Gasteiger partial charge < -0.3 is 10.2 Å². The van der Waals surface area contributed by atoms with Gasteiger partial charge in [-0.3, -0.25) is 0 Å². The molecule has 0 amide bonds. The van der Waals surface area contributed by atoms with Crippen molar-refractivity contribution in [2.45, 2.75) is 24.0 Å². The molecule has 0 saturated heterocycles. The van der Waals surface area contributed by atoms with E-state index >= 15 is 0 Å². The van der Waals surface area contributed by atoms with Crippen LogP contribution in [0, 0.1) is 0 Å². The normalized spacial score (nSPS) is 15.6. The molecule has 6 rings (SSSR count). The van der Waals surface area contributed by atoms with Crippen LogP contribution in [0.5, 0.6) is 0 Å². The third-order valence-corrected chi connectivity index (χ3v) is 6.89. The maximum absolute atomic E-state index is 11.2. The minimum absolute atomic E-state index is 0.215. The number of rotatable bonds is 2. The molecule has 168 valence electrons. The lowest BCUT2D eigenvalue weighted by atomic mass is 9.60. The molecule has 0 saturated carbocycles. The highest BCUT2D eigenvalue weighted by Crippen LogP contribution is 2.48. The molecule has 34 heavy (non-hydrogen) atoms. The molecular formula is C32H28O2. The second-order valence-corrected chi connectivity index (χ2v) is 8.92. The quantitative estimate of drug-likeness (QED) is 0.314. The summed E-state index contributed by atoms with van der Waals surface area (Å²) in [6, 6.07) is 44.4. The minimum atomic E-state index is -1.86. The Bertz CT molecular complexity index is 1270. The summed E-state index contributed by atoms with van der Waals surface area (Å²) in [4.78, 5) is 0. The largest absolute Gasteiger partial charge is 0.364 e. The van der Waals surface area contributed by atoms with Crippen LogP contribution in [-0.2, 0) is 18.3 Å². The van der Waals surface area contributed by atoms with Crippen LogP contribution in [0.4, 0.5) is 0 Å². The molecule has 2 N–H and O–H groups in total. The number of hydrogen-bond donors (Lipinski definition) is 2. The van der Waals surface area contributed by atoms with Crippen LogP contribution in [0.25, 0.3) is 10.8 Å². The van der Waals surface area contributed by atoms with E-state index in [0.29, 0.717) is 6.42 Å². The van der Waals surface area contributed by atoms with Gasteiger partial charge in [0.2, 0.25) is 0 Å². The minimum Gasteiger partial charge on any atom is -0.364 e. The van der Waals surface area contributed by atoms with Gasteiger partial charge in [-0.15, -0.1) is 0 Å². The summed E-state index contributed by atoms with van der Waals surface area (Å²) in [5.41, 5.74) is 3.14. The smallest absolute Gasteiger partial charge is 0.181 e. The zero-order chi connectivity index (χ0) is 23.4. The molecule has 1 aliphatic rings. The van der Waals surface area contributed by atoms with E-state index in [9.17, 15) is 10.2 Å². The first-order valence-corrected chi connectivity index (χ1v) is 11.7. The lowest BCUT2D eigenvalue weighted by Gasteiger charge is -2.48. The van der Waals surface area contributed by atoms with Crippen molar-refractivity contribution in [2.24, 2.45) is 0 Å². The van der Waals surface area contributed by atoms with Crippen LogP contribution in [0.15, 0.2) is 133 Å². The van der Waals surface area contributed by atoms with Crippen molar-refractivity contribution in [1.82, 2.24) is 0 Å². The molecule has 0 atom stereocenters. The first-order valence-electron chi connectivity index (χ1n) is 11.7. The fourth-order valence-electron chi connectivity index (χ4n) is 5.16. The molecule has 5 aromatic rings. The predicted octanol–water partition coefficient (Wildman–Crippen LogP) is 6.29. The predicted molar refractivity (Wildman–Crippen MR) is 139 cm³/mol. The van der Waals surface area contributed by atoms with Crippen LogP contribution >= 0.6 is 0 Å². The average molecular weight is 445 g/mol. The Kier molecular flexibility index (Phi) is 6.02. The fraction of sp³-hybridized carbons (Fsp3) is 0.125. The average Bonchev–Trinajstić information content (AvgIpc) is 2.89. The Morgan fingerprint density at radius 3 is 1.21 bits per heavy atom. The van der Waals surface area contributed by atoms with E-state index in [1.165, 1.54) is 16.3 Å². The standard InChI is InChI=1S/C22H20O2.C10H8/c23-22(24)16-18-10-8-7-9-17(18)15-21(22,19-11-3-1-4-12-19)20-13-5-2-6-14-20;1-2-6-10-8-4-3-7-9(10)5-1/h1-14,23-24H,15-16H2;1-8H. The van der Waals surface area contributed by atoms with Crippen LogP contribution in [-0.4, -0.2) is 16.0 Å². The summed E-state index contributed by atoms with van der Waals surface area (Å²) in [7, 11) is 0. The second-order valence-electron chi connectivity index (χ2n) is 8.92. The summed E-state index contributed by atoms with van der Waals surface area (Å²) < 4.78 is 0. The first-order chi connectivity index (χ1) is 16.6. The van der Waals surface area contributed by atoms with E-state index in [-0.39, 0.29) is 6.42 Å². The SMILES string of the molecule is OC1(O)Cc2ccccc2CC1(c1ccccc1)c1ccccc1.c1ccc2ccccc2c1. The molecule has 0 radical (unpaired) electrons. The number of fused-ring (bicyclic) bond motifs is 2. The molecule has 0 aromatic heterocycles. The van der Waals surface area contributed by atoms with E-state index in [1.54, 1.807) is 0 Å². The molecule has 0 unspecified atom stereocenters. The maximum Gasteiger partial charge on any atom is 0.181 e. The topological polar surface area (TPSA) is 40.5 Å². The first kappa shape index (κ1) is 22.1. The molecule has 2 nitrogen and oxygen atoms in total. The third kappa shape index (κ3) is 4.03. The van der Waals surface area contributed by atoms with E-state index in [0.717, 1.165) is 16.7 Å². The summed E-state index contributed by atoms with van der Waals surface area (Å²) in [6.07, 6.45) is 0.775. The van der Waals surface area contributed by atoms with Crippen LogP contribution in [0.3, 0.4) is 0 Å². The summed E-state index contributed by atoms with van der Waals surface area (Å²) in [5, 5.41) is 25.0. The van der Waals surface area contributed by atoms with E-state index in [1.807, 2.05) is 78.9 Å². The molecule has 0 spiro atoms. The lowest BCUT2D eigenvalue weighted by molar-refractivity contribution is -0.206. The lowest BCUT2D eigenvalue weighted by Crippen LogP contribution is -2.57. The van der Waals surface area contributed by atoms with E-state index in [2.05, 4.69) is 54.6 Å². The van der Waals surface area contributed by atoms with Gasteiger partial charge in [-0.05, 0) is 39.4 Å². The summed E-state index contributed by atoms with van der Waals surface area (Å²) in [5.74, 6) is -1.86. The van der Waals surface area contributed by atoms with Crippen molar-refractivity contribution in [3.63, 3.8) is 0 Å². The fourth-order valence-corrected chi connectivity index (χ4v) is 5.16. The van der Waals surface area contributed by atoms with Gasteiger partial charge in [0.15, 0.2) is 5.79 Å². The Morgan fingerprint density at radius 2 is 0.765 bits per heavy atom. The van der Waals surface area contributed by atoms with Gasteiger partial charge in [-0.2, -0.15) is 0 Å². The van der Waals surface area contributed by atoms with Crippen molar-refractivity contribution < 1.29 is 10.2 Å². The molecule has 5 aromatic carbocycles. The molecular weight excluding hydrogens is 416 g/mol. The highest BCUT2D eigenvalue weighted by Gasteiger charge is 2.54. The van der Waals surface area contributed by atoms with Gasteiger partial charge in [0.05, 0.1) is 5.41 Å². The monoisotopic (exact) mass is 444 g/mol. The number of benzene rings is 5. The van der Waals surface area contributed by atoms with Gasteiger partial charge in [-0.25, -0.2) is 0 Å². The highest BCUT2D eigenvalue weighted by molar-refractivity contribution is 5.82. The molecule has 2 heteroatoms. The van der Waals surface area contributed by atoms with Gasteiger partial charge in [0.25, 0.3) is 0 Å². The van der Waals surface area contributed by atoms with Gasteiger partial charge in [0, 0.05) is 6.42 Å². The van der Waals surface area contributed by atoms with Crippen molar-refractivity contribution in [2.75, 3.05) is 0 Å². The summed E-state index contributed by atoms with van der Waals surface area (Å²) in [6.45, 7) is 0. The maximum atomic E-state index is 11.2. The van der Waals surface area contributed by atoms with Crippen LogP contribution < -0.4 is 0 Å². The van der Waals surface area contributed by atoms with Crippen molar-refractivity contribution in [3.05, 3.63) is 156 Å². The molecule has 0 bridgehead atoms. The Labute approximate surface area is 200 Å². The van der Waals surface area contributed by atoms with Gasteiger partial charge in [0.1, 0.15) is 0 Å². The second kappa shape index (κ2) is 9.26. The molecule has 0 aliphatic heterocycles. The Morgan fingerprint density at radius 1 is 0.412 bits per heavy atom. The Balaban J connectivity index is 0.000000200. The molecule has 1 aliphatic carbocycles. The molecule has 0 heterocycles. The molecule has 0 fully saturated rings. The zero-order valence-electron chi connectivity index (χ0n) is 19.0. The zero-order valence-corrected chi connectivity index (χ0v) is 19.0.